The van der Waals surface area contributed by atoms with Crippen LogP contribution in [0.15, 0.2) is 44.4 Å². The number of esters is 1. The van der Waals surface area contributed by atoms with Crippen LogP contribution in [0.25, 0.3) is 11.0 Å². The predicted octanol–water partition coefficient (Wildman–Crippen LogP) is 3.78. The molecule has 2 amide bonds. The van der Waals surface area contributed by atoms with E-state index in [4.69, 9.17) is 9.47 Å². The number of alkyl carbamates (subject to hydrolysis) is 1. The Hall–Kier alpha value is -3.93. The number of carbonyl (C=O) groups excluding carboxylic acids is 3. The molecule has 11 nitrogen and oxygen atoms in total. The second-order valence-electron chi connectivity index (χ2n) is 10.3. The number of ether oxygens (including phenoxy) is 2. The standard InChI is InChI=1S/C27H29BrN4O7/c1-27(2,3)39-26(37)29-13-14-5-8-19(18(9-14)25(36)38-4)30-21(33)12-17-7-6-15-10-16(28)11-20-22(15)32(17)24(35)23(34)31-20/h5,8-11,17H,6-7,12-13H2,1-4H3,(H,29,37)(H,30,33)(H,31,34). The molecule has 2 aromatic carbocycles. The highest BCUT2D eigenvalue weighted by Gasteiger charge is 2.27. The first-order valence-corrected chi connectivity index (χ1v) is 13.1. The summed E-state index contributed by atoms with van der Waals surface area (Å²) in [5, 5.41) is 5.36. The molecule has 2 heterocycles. The number of H-pyrrole nitrogens is 1. The lowest BCUT2D eigenvalue weighted by Gasteiger charge is -2.27. The summed E-state index contributed by atoms with van der Waals surface area (Å²) in [5.74, 6) is -1.11. The molecule has 0 saturated carbocycles. The summed E-state index contributed by atoms with van der Waals surface area (Å²) in [6.07, 6.45) is 0.405. The minimum atomic E-state index is -0.762. The Kier molecular flexibility index (Phi) is 7.96. The van der Waals surface area contributed by atoms with Crippen molar-refractivity contribution < 1.29 is 23.9 Å². The second kappa shape index (κ2) is 11.0. The number of nitrogens with zero attached hydrogens (tertiary/aromatic N) is 1. The van der Waals surface area contributed by atoms with E-state index in [1.807, 2.05) is 6.07 Å². The van der Waals surface area contributed by atoms with Crippen molar-refractivity contribution in [1.29, 1.82) is 0 Å². The number of anilines is 1. The average Bonchev–Trinajstić information content (AvgIpc) is 2.85. The number of carbonyl (C=O) groups is 3. The molecule has 0 fully saturated rings. The first kappa shape index (κ1) is 28.1. The first-order chi connectivity index (χ1) is 18.4. The van der Waals surface area contributed by atoms with Gasteiger partial charge in [-0.15, -0.1) is 0 Å². The molecule has 12 heteroatoms. The van der Waals surface area contributed by atoms with Crippen LogP contribution in [0.5, 0.6) is 0 Å². The third-order valence-electron chi connectivity index (χ3n) is 6.19. The van der Waals surface area contributed by atoms with Crippen LogP contribution < -0.4 is 21.8 Å². The predicted molar refractivity (Wildman–Crippen MR) is 148 cm³/mol. The monoisotopic (exact) mass is 600 g/mol. The van der Waals surface area contributed by atoms with Gasteiger partial charge in [0.1, 0.15) is 5.60 Å². The highest BCUT2D eigenvalue weighted by molar-refractivity contribution is 9.10. The van der Waals surface area contributed by atoms with E-state index >= 15 is 0 Å². The van der Waals surface area contributed by atoms with E-state index in [2.05, 4.69) is 31.5 Å². The zero-order chi connectivity index (χ0) is 28.5. The number of hydrogen-bond acceptors (Lipinski definition) is 7. The maximum atomic E-state index is 13.1. The number of amides is 2. The van der Waals surface area contributed by atoms with Crippen LogP contribution >= 0.6 is 15.9 Å². The van der Waals surface area contributed by atoms with Crippen LogP contribution in [-0.2, 0) is 27.2 Å². The van der Waals surface area contributed by atoms with E-state index in [1.165, 1.54) is 17.7 Å². The van der Waals surface area contributed by atoms with Gasteiger partial charge in [-0.2, -0.15) is 0 Å². The minimum absolute atomic E-state index is 0.0868. The third-order valence-corrected chi connectivity index (χ3v) is 6.65. The lowest BCUT2D eigenvalue weighted by molar-refractivity contribution is -0.117. The SMILES string of the molecule is COC(=O)c1cc(CNC(=O)OC(C)(C)C)ccc1NC(=O)CC1CCc2cc(Br)cc3[nH]c(=O)c(=O)n1c23. The summed E-state index contributed by atoms with van der Waals surface area (Å²) in [4.78, 5) is 65.4. The zero-order valence-corrected chi connectivity index (χ0v) is 23.6. The largest absolute Gasteiger partial charge is 0.465 e. The molecule has 1 aromatic heterocycles. The van der Waals surface area contributed by atoms with Crippen LogP contribution in [0, 0.1) is 0 Å². The van der Waals surface area contributed by atoms with Crippen molar-refractivity contribution in [1.82, 2.24) is 14.9 Å². The molecule has 1 aliphatic rings. The van der Waals surface area contributed by atoms with Gasteiger partial charge in [-0.1, -0.05) is 22.0 Å². The molecular formula is C27H29BrN4O7. The quantitative estimate of drug-likeness (QED) is 0.288. The summed E-state index contributed by atoms with van der Waals surface area (Å²) >= 11 is 3.43. The summed E-state index contributed by atoms with van der Waals surface area (Å²) in [7, 11) is 1.22. The van der Waals surface area contributed by atoms with E-state index in [0.717, 1.165) is 10.0 Å². The van der Waals surface area contributed by atoms with E-state index in [-0.39, 0.29) is 24.2 Å². The van der Waals surface area contributed by atoms with Crippen molar-refractivity contribution in [3.63, 3.8) is 0 Å². The van der Waals surface area contributed by atoms with Crippen LogP contribution in [-0.4, -0.2) is 40.2 Å². The maximum absolute atomic E-state index is 13.1. The minimum Gasteiger partial charge on any atom is -0.465 e. The van der Waals surface area contributed by atoms with Gasteiger partial charge in [-0.3, -0.25) is 19.0 Å². The van der Waals surface area contributed by atoms with Crippen molar-refractivity contribution in [3.8, 4) is 0 Å². The Morgan fingerprint density at radius 1 is 1.15 bits per heavy atom. The summed E-state index contributed by atoms with van der Waals surface area (Å²) in [6, 6.07) is 7.78. The number of benzene rings is 2. The topological polar surface area (TPSA) is 149 Å². The Balaban J connectivity index is 1.55. The number of aryl methyl sites for hydroxylation is 1. The van der Waals surface area contributed by atoms with Gasteiger partial charge in [0.15, 0.2) is 0 Å². The molecule has 1 unspecified atom stereocenters. The lowest BCUT2D eigenvalue weighted by Crippen LogP contribution is -2.41. The Labute approximate surface area is 232 Å². The van der Waals surface area contributed by atoms with Crippen LogP contribution in [0.2, 0.25) is 0 Å². The molecule has 206 valence electrons. The van der Waals surface area contributed by atoms with E-state index < -0.39 is 40.7 Å². The van der Waals surface area contributed by atoms with E-state index in [0.29, 0.717) is 29.4 Å². The molecule has 3 N–H and O–H groups in total. The fraction of sp³-hybridized carbons (Fsp3) is 0.370. The Morgan fingerprint density at radius 2 is 1.90 bits per heavy atom. The number of methoxy groups -OCH3 is 1. The van der Waals surface area contributed by atoms with Crippen LogP contribution in [0.3, 0.4) is 0 Å². The van der Waals surface area contributed by atoms with Gasteiger partial charge in [-0.05, 0) is 69.0 Å². The molecule has 0 aliphatic carbocycles. The molecule has 0 radical (unpaired) electrons. The van der Waals surface area contributed by atoms with Crippen molar-refractivity contribution >= 4 is 50.6 Å². The van der Waals surface area contributed by atoms with Gasteiger partial charge in [0, 0.05) is 23.5 Å². The fourth-order valence-corrected chi connectivity index (χ4v) is 5.10. The number of nitrogens with one attached hydrogen (secondary N) is 3. The molecule has 3 aromatic rings. The molecule has 39 heavy (non-hydrogen) atoms. The molecule has 0 spiro atoms. The summed E-state index contributed by atoms with van der Waals surface area (Å²) in [6.45, 7) is 5.34. The van der Waals surface area contributed by atoms with E-state index in [9.17, 15) is 24.0 Å². The molecule has 0 saturated heterocycles. The maximum Gasteiger partial charge on any atom is 0.407 e. The molecule has 1 atom stereocenters. The number of hydrogen-bond donors (Lipinski definition) is 3. The summed E-state index contributed by atoms with van der Waals surface area (Å²) in [5.41, 5.74) is 0.779. The fourth-order valence-electron chi connectivity index (χ4n) is 4.60. The molecule has 4 rings (SSSR count). The average molecular weight is 601 g/mol. The highest BCUT2D eigenvalue weighted by Crippen LogP contribution is 2.32. The van der Waals surface area contributed by atoms with Crippen molar-refractivity contribution in [2.24, 2.45) is 0 Å². The van der Waals surface area contributed by atoms with Gasteiger partial charge >= 0.3 is 23.2 Å². The normalized spacial score (nSPS) is 14.5. The van der Waals surface area contributed by atoms with Crippen molar-refractivity contribution in [2.75, 3.05) is 12.4 Å². The van der Waals surface area contributed by atoms with Crippen molar-refractivity contribution in [3.05, 3.63) is 72.2 Å². The van der Waals surface area contributed by atoms with Crippen LogP contribution in [0.4, 0.5) is 10.5 Å². The zero-order valence-electron chi connectivity index (χ0n) is 22.0. The van der Waals surface area contributed by atoms with Gasteiger partial charge in [0.05, 0.1) is 29.4 Å². The van der Waals surface area contributed by atoms with Gasteiger partial charge in [-0.25, -0.2) is 9.59 Å². The van der Waals surface area contributed by atoms with E-state index in [1.54, 1.807) is 39.0 Å². The number of aromatic amines is 1. The molecule has 1 aliphatic heterocycles. The Morgan fingerprint density at radius 3 is 2.59 bits per heavy atom. The highest BCUT2D eigenvalue weighted by atomic mass is 79.9. The van der Waals surface area contributed by atoms with Gasteiger partial charge in [0.2, 0.25) is 5.91 Å². The number of halogens is 1. The number of rotatable bonds is 6. The molecular weight excluding hydrogens is 572 g/mol. The van der Waals surface area contributed by atoms with Gasteiger partial charge in [0.25, 0.3) is 0 Å². The van der Waals surface area contributed by atoms with Gasteiger partial charge < -0.3 is 25.1 Å². The lowest BCUT2D eigenvalue weighted by atomic mass is 9.96. The smallest absolute Gasteiger partial charge is 0.407 e. The molecule has 0 bridgehead atoms. The Bertz CT molecular complexity index is 1590. The number of aromatic nitrogens is 2. The van der Waals surface area contributed by atoms with Crippen LogP contribution in [0.1, 0.15) is 61.1 Å². The second-order valence-corrected chi connectivity index (χ2v) is 11.2. The summed E-state index contributed by atoms with van der Waals surface area (Å²) < 4.78 is 12.3. The third kappa shape index (κ3) is 6.39. The van der Waals surface area contributed by atoms with Crippen molar-refractivity contribution in [2.45, 2.75) is 58.2 Å². The first-order valence-electron chi connectivity index (χ1n) is 12.3.